The van der Waals surface area contributed by atoms with Crippen molar-refractivity contribution in [2.45, 2.75) is 26.7 Å². The first-order valence-electron chi connectivity index (χ1n) is 6.95. The summed E-state index contributed by atoms with van der Waals surface area (Å²) < 4.78 is 28.6. The topological polar surface area (TPSA) is 43.4 Å². The highest BCUT2D eigenvalue weighted by Crippen LogP contribution is 2.32. The maximum atomic E-state index is 11.5. The van der Waals surface area contributed by atoms with Crippen LogP contribution in [0.15, 0.2) is 36.6 Å². The number of rotatable bonds is 4. The van der Waals surface area contributed by atoms with Gasteiger partial charge in [-0.05, 0) is 30.9 Å². The zero-order chi connectivity index (χ0) is 14.6. The largest absolute Gasteiger partial charge is 0.500 e. The van der Waals surface area contributed by atoms with Crippen molar-refractivity contribution in [3.8, 4) is 0 Å². The van der Waals surface area contributed by atoms with Gasteiger partial charge >= 0.3 is 0 Å². The number of sulfone groups is 1. The molecule has 1 aliphatic heterocycles. The molecular formula is C16H22O3S. The van der Waals surface area contributed by atoms with Crippen LogP contribution in [0.4, 0.5) is 0 Å². The first-order chi connectivity index (χ1) is 9.40. The quantitative estimate of drug-likeness (QED) is 0.800. The van der Waals surface area contributed by atoms with E-state index in [9.17, 15) is 8.42 Å². The van der Waals surface area contributed by atoms with E-state index < -0.39 is 9.84 Å². The van der Waals surface area contributed by atoms with E-state index in [1.807, 2.05) is 37.3 Å². The summed E-state index contributed by atoms with van der Waals surface area (Å²) in [6.45, 7) is 4.70. The third-order valence-corrected chi connectivity index (χ3v) is 5.61. The maximum Gasteiger partial charge on any atom is 0.150 e. The summed E-state index contributed by atoms with van der Waals surface area (Å²) in [5, 5.41) is 0. The van der Waals surface area contributed by atoms with Crippen molar-refractivity contribution in [1.29, 1.82) is 0 Å². The highest BCUT2D eigenvalue weighted by atomic mass is 32.2. The van der Waals surface area contributed by atoms with E-state index in [1.165, 1.54) is 0 Å². The van der Waals surface area contributed by atoms with Crippen LogP contribution in [0, 0.1) is 5.41 Å². The first kappa shape index (κ1) is 15.1. The minimum absolute atomic E-state index is 0.0290. The Kier molecular flexibility index (Phi) is 4.53. The number of benzene rings is 1. The Morgan fingerprint density at radius 2 is 1.85 bits per heavy atom. The summed E-state index contributed by atoms with van der Waals surface area (Å²) in [6, 6.07) is 10.1. The Labute approximate surface area is 121 Å². The smallest absolute Gasteiger partial charge is 0.150 e. The standard InChI is InChI=1S/C16H22O3S/c1-14(15-6-4-3-5-7-15)12-19-13-16(2)8-10-20(17,18)11-9-16/h3-7,12H,8-11,13H2,1-2H3/b14-12-. The normalized spacial score (nSPS) is 21.4. The number of allylic oxidation sites excluding steroid dienone is 1. The van der Waals surface area contributed by atoms with E-state index in [4.69, 9.17) is 4.74 Å². The first-order valence-corrected chi connectivity index (χ1v) is 8.77. The van der Waals surface area contributed by atoms with Crippen molar-refractivity contribution in [2.75, 3.05) is 18.1 Å². The molecule has 0 saturated carbocycles. The fourth-order valence-corrected chi connectivity index (χ4v) is 4.12. The molecule has 0 aromatic heterocycles. The van der Waals surface area contributed by atoms with Crippen molar-refractivity contribution in [3.63, 3.8) is 0 Å². The third-order valence-electron chi connectivity index (χ3n) is 3.95. The van der Waals surface area contributed by atoms with Crippen LogP contribution in [-0.4, -0.2) is 26.5 Å². The van der Waals surface area contributed by atoms with Gasteiger partial charge in [0.2, 0.25) is 0 Å². The van der Waals surface area contributed by atoms with Gasteiger partial charge in [0.25, 0.3) is 0 Å². The van der Waals surface area contributed by atoms with E-state index in [1.54, 1.807) is 6.26 Å². The molecule has 1 aliphatic rings. The molecule has 3 nitrogen and oxygen atoms in total. The number of hydrogen-bond acceptors (Lipinski definition) is 3. The fourth-order valence-electron chi connectivity index (χ4n) is 2.31. The Balaban J connectivity index is 1.90. The van der Waals surface area contributed by atoms with Crippen molar-refractivity contribution < 1.29 is 13.2 Å². The zero-order valence-electron chi connectivity index (χ0n) is 12.1. The van der Waals surface area contributed by atoms with Crippen LogP contribution < -0.4 is 0 Å². The predicted molar refractivity (Wildman–Crippen MR) is 82.0 cm³/mol. The number of ether oxygens (including phenoxy) is 1. The molecule has 0 spiro atoms. The van der Waals surface area contributed by atoms with E-state index in [0.29, 0.717) is 19.4 Å². The fraction of sp³-hybridized carbons (Fsp3) is 0.500. The molecule has 0 amide bonds. The van der Waals surface area contributed by atoms with Gasteiger partial charge in [-0.25, -0.2) is 8.42 Å². The summed E-state index contributed by atoms with van der Waals surface area (Å²) in [4.78, 5) is 0. The van der Waals surface area contributed by atoms with E-state index in [0.717, 1.165) is 11.1 Å². The van der Waals surface area contributed by atoms with Gasteiger partial charge in [0.1, 0.15) is 9.84 Å². The van der Waals surface area contributed by atoms with Gasteiger partial charge in [-0.3, -0.25) is 0 Å². The molecule has 0 N–H and O–H groups in total. The summed E-state index contributed by atoms with van der Waals surface area (Å²) >= 11 is 0. The van der Waals surface area contributed by atoms with E-state index in [-0.39, 0.29) is 16.9 Å². The summed E-state index contributed by atoms with van der Waals surface area (Å²) in [6.07, 6.45) is 3.16. The molecule has 2 rings (SSSR count). The van der Waals surface area contributed by atoms with Crippen LogP contribution >= 0.6 is 0 Å². The van der Waals surface area contributed by atoms with E-state index in [2.05, 4.69) is 6.92 Å². The Bertz CT molecular complexity index is 559. The van der Waals surface area contributed by atoms with Gasteiger partial charge in [-0.2, -0.15) is 0 Å². The molecule has 110 valence electrons. The molecule has 1 heterocycles. The van der Waals surface area contributed by atoms with Crippen LogP contribution in [0.2, 0.25) is 0 Å². The summed E-state index contributed by atoms with van der Waals surface area (Å²) in [5.41, 5.74) is 2.19. The summed E-state index contributed by atoms with van der Waals surface area (Å²) in [5.74, 6) is 0.572. The molecule has 20 heavy (non-hydrogen) atoms. The minimum atomic E-state index is -2.81. The zero-order valence-corrected chi connectivity index (χ0v) is 12.9. The lowest BCUT2D eigenvalue weighted by atomic mass is 9.85. The predicted octanol–water partition coefficient (Wildman–Crippen LogP) is 3.28. The van der Waals surface area contributed by atoms with Gasteiger partial charge in [-0.15, -0.1) is 0 Å². The maximum absolute atomic E-state index is 11.5. The average molecular weight is 294 g/mol. The molecule has 0 atom stereocenters. The molecule has 1 saturated heterocycles. The van der Waals surface area contributed by atoms with Crippen molar-refractivity contribution >= 4 is 15.4 Å². The monoisotopic (exact) mass is 294 g/mol. The SMILES string of the molecule is C/C(=C/OCC1(C)CCS(=O)(=O)CC1)c1ccccc1. The molecular weight excluding hydrogens is 272 g/mol. The molecule has 0 unspecified atom stereocenters. The van der Waals surface area contributed by atoms with Crippen LogP contribution in [0.3, 0.4) is 0 Å². The molecule has 0 aliphatic carbocycles. The van der Waals surface area contributed by atoms with Crippen LogP contribution in [-0.2, 0) is 14.6 Å². The van der Waals surface area contributed by atoms with Crippen LogP contribution in [0.5, 0.6) is 0 Å². The number of hydrogen-bond donors (Lipinski definition) is 0. The lowest BCUT2D eigenvalue weighted by Gasteiger charge is -2.32. The molecule has 1 aromatic carbocycles. The van der Waals surface area contributed by atoms with Gasteiger partial charge in [-0.1, -0.05) is 37.3 Å². The molecule has 0 bridgehead atoms. The highest BCUT2D eigenvalue weighted by molar-refractivity contribution is 7.91. The Hall–Kier alpha value is -1.29. The Morgan fingerprint density at radius 3 is 2.45 bits per heavy atom. The highest BCUT2D eigenvalue weighted by Gasteiger charge is 2.33. The third kappa shape index (κ3) is 4.10. The Morgan fingerprint density at radius 1 is 1.25 bits per heavy atom. The second-order valence-corrected chi connectivity index (χ2v) is 8.24. The lowest BCUT2D eigenvalue weighted by Crippen LogP contribution is -2.34. The van der Waals surface area contributed by atoms with Gasteiger partial charge in [0.15, 0.2) is 0 Å². The van der Waals surface area contributed by atoms with Gasteiger partial charge in [0.05, 0.1) is 24.4 Å². The van der Waals surface area contributed by atoms with Crippen LogP contribution in [0.25, 0.3) is 5.57 Å². The second-order valence-electron chi connectivity index (χ2n) is 5.94. The van der Waals surface area contributed by atoms with Gasteiger partial charge in [0, 0.05) is 5.41 Å². The summed E-state index contributed by atoms with van der Waals surface area (Å²) in [7, 11) is -2.81. The van der Waals surface area contributed by atoms with E-state index >= 15 is 0 Å². The lowest BCUT2D eigenvalue weighted by molar-refractivity contribution is 0.113. The molecule has 1 fully saturated rings. The van der Waals surface area contributed by atoms with Gasteiger partial charge < -0.3 is 4.74 Å². The molecule has 4 heteroatoms. The second kappa shape index (κ2) is 6.00. The average Bonchev–Trinajstić information content (AvgIpc) is 2.44. The minimum Gasteiger partial charge on any atom is -0.500 e. The molecule has 1 aromatic rings. The van der Waals surface area contributed by atoms with Crippen molar-refractivity contribution in [3.05, 3.63) is 42.2 Å². The van der Waals surface area contributed by atoms with Crippen LogP contribution in [0.1, 0.15) is 32.3 Å². The van der Waals surface area contributed by atoms with Crippen molar-refractivity contribution in [1.82, 2.24) is 0 Å². The molecule has 0 radical (unpaired) electrons. The van der Waals surface area contributed by atoms with Crippen molar-refractivity contribution in [2.24, 2.45) is 5.41 Å².